The SMILES string of the molecule is CCc1ccccc1NC(=O)CN(c1cccc(C)c1)S(=O)(=O)c1ccc(C)cc1. The normalized spacial score (nSPS) is 11.2. The molecule has 3 aromatic rings. The Kier molecular flexibility index (Phi) is 6.57. The summed E-state index contributed by atoms with van der Waals surface area (Å²) in [5.74, 6) is -0.395. The van der Waals surface area contributed by atoms with Crippen LogP contribution in [0, 0.1) is 13.8 Å². The van der Waals surface area contributed by atoms with Gasteiger partial charge in [0.25, 0.3) is 10.0 Å². The Morgan fingerprint density at radius 2 is 1.60 bits per heavy atom. The zero-order chi connectivity index (χ0) is 21.7. The highest BCUT2D eigenvalue weighted by molar-refractivity contribution is 7.92. The Morgan fingerprint density at radius 1 is 0.900 bits per heavy atom. The fourth-order valence-corrected chi connectivity index (χ4v) is 4.62. The molecule has 1 amide bonds. The van der Waals surface area contributed by atoms with E-state index in [-0.39, 0.29) is 11.4 Å². The molecule has 0 aliphatic carbocycles. The van der Waals surface area contributed by atoms with E-state index in [2.05, 4.69) is 5.32 Å². The van der Waals surface area contributed by atoms with Crippen molar-refractivity contribution in [2.75, 3.05) is 16.2 Å². The molecule has 0 atom stereocenters. The number of hydrogen-bond acceptors (Lipinski definition) is 3. The minimum absolute atomic E-state index is 0.149. The van der Waals surface area contributed by atoms with Gasteiger partial charge in [-0.15, -0.1) is 0 Å². The van der Waals surface area contributed by atoms with E-state index >= 15 is 0 Å². The molecule has 0 spiro atoms. The van der Waals surface area contributed by atoms with E-state index in [1.54, 1.807) is 42.5 Å². The lowest BCUT2D eigenvalue weighted by Gasteiger charge is -2.24. The topological polar surface area (TPSA) is 66.5 Å². The predicted molar refractivity (Wildman–Crippen MR) is 121 cm³/mol. The number of amides is 1. The second kappa shape index (κ2) is 9.13. The first-order valence-electron chi connectivity index (χ1n) is 9.85. The number of aryl methyl sites for hydroxylation is 3. The molecular weight excluding hydrogens is 396 g/mol. The van der Waals surface area contributed by atoms with Crippen LogP contribution in [0.4, 0.5) is 11.4 Å². The van der Waals surface area contributed by atoms with Gasteiger partial charge in [0, 0.05) is 5.69 Å². The van der Waals surface area contributed by atoms with Crippen LogP contribution in [0.3, 0.4) is 0 Å². The second-order valence-electron chi connectivity index (χ2n) is 7.22. The first-order chi connectivity index (χ1) is 14.3. The van der Waals surface area contributed by atoms with Crippen molar-refractivity contribution in [2.45, 2.75) is 32.1 Å². The Balaban J connectivity index is 1.96. The van der Waals surface area contributed by atoms with Crippen LogP contribution < -0.4 is 9.62 Å². The predicted octanol–water partition coefficient (Wildman–Crippen LogP) is 4.70. The molecule has 1 N–H and O–H groups in total. The molecule has 156 valence electrons. The Labute approximate surface area is 178 Å². The molecule has 30 heavy (non-hydrogen) atoms. The smallest absolute Gasteiger partial charge is 0.264 e. The summed E-state index contributed by atoms with van der Waals surface area (Å²) in [5, 5.41) is 2.86. The van der Waals surface area contributed by atoms with Crippen molar-refractivity contribution in [3.05, 3.63) is 89.5 Å². The summed E-state index contributed by atoms with van der Waals surface area (Å²) in [7, 11) is -3.92. The van der Waals surface area contributed by atoms with Crippen LogP contribution in [0.25, 0.3) is 0 Å². The van der Waals surface area contributed by atoms with Gasteiger partial charge in [0.1, 0.15) is 6.54 Å². The molecule has 0 aliphatic heterocycles. The van der Waals surface area contributed by atoms with E-state index < -0.39 is 15.9 Å². The van der Waals surface area contributed by atoms with Crippen LogP contribution in [-0.4, -0.2) is 20.9 Å². The van der Waals surface area contributed by atoms with Crippen LogP contribution in [0.1, 0.15) is 23.6 Å². The first kappa shape index (κ1) is 21.6. The van der Waals surface area contributed by atoms with E-state index in [0.29, 0.717) is 11.4 Å². The van der Waals surface area contributed by atoms with Crippen molar-refractivity contribution in [3.8, 4) is 0 Å². The van der Waals surface area contributed by atoms with Gasteiger partial charge in [-0.2, -0.15) is 0 Å². The van der Waals surface area contributed by atoms with Crippen molar-refractivity contribution in [3.63, 3.8) is 0 Å². The summed E-state index contributed by atoms with van der Waals surface area (Å²) < 4.78 is 28.0. The number of carbonyl (C=O) groups is 1. The van der Waals surface area contributed by atoms with Gasteiger partial charge in [0.2, 0.25) is 5.91 Å². The van der Waals surface area contributed by atoms with Crippen molar-refractivity contribution in [1.82, 2.24) is 0 Å². The largest absolute Gasteiger partial charge is 0.324 e. The van der Waals surface area contributed by atoms with Gasteiger partial charge in [-0.05, 0) is 61.7 Å². The maximum absolute atomic E-state index is 13.4. The van der Waals surface area contributed by atoms with Crippen molar-refractivity contribution < 1.29 is 13.2 Å². The quantitative estimate of drug-likeness (QED) is 0.600. The second-order valence-corrected chi connectivity index (χ2v) is 9.08. The molecule has 5 nitrogen and oxygen atoms in total. The fraction of sp³-hybridized carbons (Fsp3) is 0.208. The number of nitrogens with zero attached hydrogens (tertiary/aromatic N) is 1. The number of rotatable bonds is 7. The summed E-state index contributed by atoms with van der Waals surface area (Å²) in [5.41, 5.74) is 4.02. The number of benzene rings is 3. The zero-order valence-corrected chi connectivity index (χ0v) is 18.2. The molecular formula is C24H26N2O3S. The maximum Gasteiger partial charge on any atom is 0.264 e. The molecule has 0 unspecified atom stereocenters. The number of anilines is 2. The summed E-state index contributed by atoms with van der Waals surface area (Å²) in [6.07, 6.45) is 0.764. The molecule has 6 heteroatoms. The van der Waals surface area contributed by atoms with Gasteiger partial charge in [0.05, 0.1) is 10.6 Å². The van der Waals surface area contributed by atoms with E-state index in [1.807, 2.05) is 51.1 Å². The average molecular weight is 423 g/mol. The third-order valence-electron chi connectivity index (χ3n) is 4.86. The third-order valence-corrected chi connectivity index (χ3v) is 6.65. The van der Waals surface area contributed by atoms with Crippen molar-refractivity contribution >= 4 is 27.3 Å². The lowest BCUT2D eigenvalue weighted by molar-refractivity contribution is -0.114. The summed E-state index contributed by atoms with van der Waals surface area (Å²) in [6, 6.07) is 21.3. The molecule has 3 aromatic carbocycles. The standard InChI is InChI=1S/C24H26N2O3S/c1-4-20-9-5-6-11-23(20)25-24(27)17-26(21-10-7-8-19(3)16-21)30(28,29)22-14-12-18(2)13-15-22/h5-16H,4,17H2,1-3H3,(H,25,27). The highest BCUT2D eigenvalue weighted by atomic mass is 32.2. The molecule has 0 saturated heterocycles. The molecule has 0 aromatic heterocycles. The maximum atomic E-state index is 13.4. The molecule has 0 aliphatic rings. The molecule has 0 heterocycles. The number of nitrogens with one attached hydrogen (secondary N) is 1. The van der Waals surface area contributed by atoms with Gasteiger partial charge in [0.15, 0.2) is 0 Å². The van der Waals surface area contributed by atoms with Gasteiger partial charge < -0.3 is 5.32 Å². The Morgan fingerprint density at radius 3 is 2.27 bits per heavy atom. The third kappa shape index (κ3) is 4.89. The fourth-order valence-electron chi connectivity index (χ4n) is 3.21. The highest BCUT2D eigenvalue weighted by Crippen LogP contribution is 2.25. The Bertz CT molecular complexity index is 1140. The minimum Gasteiger partial charge on any atom is -0.324 e. The molecule has 0 saturated carbocycles. The first-order valence-corrected chi connectivity index (χ1v) is 11.3. The van der Waals surface area contributed by atoms with Crippen molar-refractivity contribution in [2.24, 2.45) is 0 Å². The van der Waals surface area contributed by atoms with Gasteiger partial charge in [-0.1, -0.05) is 55.0 Å². The summed E-state index contributed by atoms with van der Waals surface area (Å²) in [4.78, 5) is 13.0. The van der Waals surface area contributed by atoms with E-state index in [9.17, 15) is 13.2 Å². The number of carbonyl (C=O) groups excluding carboxylic acids is 1. The minimum atomic E-state index is -3.92. The lowest BCUT2D eigenvalue weighted by atomic mass is 10.1. The number of hydrogen-bond donors (Lipinski definition) is 1. The van der Waals surface area contributed by atoms with Crippen LogP contribution in [-0.2, 0) is 21.2 Å². The molecule has 0 radical (unpaired) electrons. The average Bonchev–Trinajstić information content (AvgIpc) is 2.72. The monoisotopic (exact) mass is 422 g/mol. The number of para-hydroxylation sites is 1. The Hall–Kier alpha value is -3.12. The van der Waals surface area contributed by atoms with Gasteiger partial charge in [-0.3, -0.25) is 9.10 Å². The van der Waals surface area contributed by atoms with Gasteiger partial charge in [-0.25, -0.2) is 8.42 Å². The van der Waals surface area contributed by atoms with Crippen molar-refractivity contribution in [1.29, 1.82) is 0 Å². The van der Waals surface area contributed by atoms with E-state index in [0.717, 1.165) is 27.4 Å². The van der Waals surface area contributed by atoms with Crippen LogP contribution in [0.15, 0.2) is 77.7 Å². The summed E-state index contributed by atoms with van der Waals surface area (Å²) >= 11 is 0. The van der Waals surface area contributed by atoms with E-state index in [1.165, 1.54) is 0 Å². The van der Waals surface area contributed by atoms with Crippen LogP contribution >= 0.6 is 0 Å². The lowest BCUT2D eigenvalue weighted by Crippen LogP contribution is -2.38. The van der Waals surface area contributed by atoms with E-state index in [4.69, 9.17) is 0 Å². The molecule has 0 bridgehead atoms. The van der Waals surface area contributed by atoms with Crippen LogP contribution in [0.5, 0.6) is 0 Å². The highest BCUT2D eigenvalue weighted by Gasteiger charge is 2.27. The van der Waals surface area contributed by atoms with Crippen LogP contribution in [0.2, 0.25) is 0 Å². The van der Waals surface area contributed by atoms with Gasteiger partial charge >= 0.3 is 0 Å². The molecule has 3 rings (SSSR count). The molecule has 0 fully saturated rings. The zero-order valence-electron chi connectivity index (χ0n) is 17.4. The summed E-state index contributed by atoms with van der Waals surface area (Å²) in [6.45, 7) is 5.47. The number of sulfonamides is 1.